The predicted molar refractivity (Wildman–Crippen MR) is 96.1 cm³/mol. The van der Waals surface area contributed by atoms with Gasteiger partial charge in [-0.05, 0) is 30.2 Å². The Bertz CT molecular complexity index is 756. The Labute approximate surface area is 151 Å². The first-order valence-electron chi connectivity index (χ1n) is 8.21. The fraction of sp³-hybridized carbons (Fsp3) is 0.316. The molecule has 1 aliphatic rings. The van der Waals surface area contributed by atoms with Gasteiger partial charge in [0.1, 0.15) is 11.4 Å². The molecule has 25 heavy (non-hydrogen) atoms. The highest BCUT2D eigenvalue weighted by molar-refractivity contribution is 6.31. The molecule has 0 unspecified atom stereocenters. The SMILES string of the molecule is O=C(CCN1CC[C@](O)(c2ccccc2)C1)Nc1ccc(F)c(Cl)c1. The van der Waals surface area contributed by atoms with E-state index in [4.69, 9.17) is 11.6 Å². The number of aliphatic hydroxyl groups is 1. The van der Waals surface area contributed by atoms with Crippen LogP contribution in [-0.2, 0) is 10.4 Å². The Morgan fingerprint density at radius 3 is 2.76 bits per heavy atom. The van der Waals surface area contributed by atoms with Crippen LogP contribution in [0.25, 0.3) is 0 Å². The largest absolute Gasteiger partial charge is 0.384 e. The molecular formula is C19H20ClFN2O2. The summed E-state index contributed by atoms with van der Waals surface area (Å²) in [5.74, 6) is -0.685. The van der Waals surface area contributed by atoms with E-state index in [2.05, 4.69) is 10.2 Å². The summed E-state index contributed by atoms with van der Waals surface area (Å²) in [7, 11) is 0. The molecule has 2 aromatic carbocycles. The van der Waals surface area contributed by atoms with Gasteiger partial charge in [0.15, 0.2) is 0 Å². The molecule has 1 saturated heterocycles. The fourth-order valence-electron chi connectivity index (χ4n) is 3.10. The number of nitrogens with zero attached hydrogens (tertiary/aromatic N) is 1. The second kappa shape index (κ2) is 7.52. The van der Waals surface area contributed by atoms with Gasteiger partial charge in [0, 0.05) is 31.7 Å². The van der Waals surface area contributed by atoms with Crippen molar-refractivity contribution in [3.63, 3.8) is 0 Å². The van der Waals surface area contributed by atoms with Gasteiger partial charge >= 0.3 is 0 Å². The van der Waals surface area contributed by atoms with Gasteiger partial charge in [-0.15, -0.1) is 0 Å². The lowest BCUT2D eigenvalue weighted by atomic mass is 9.93. The average molecular weight is 363 g/mol. The molecule has 1 heterocycles. The summed E-state index contributed by atoms with van der Waals surface area (Å²) in [5.41, 5.74) is 0.517. The molecule has 4 nitrogen and oxygen atoms in total. The molecule has 0 saturated carbocycles. The molecule has 1 amide bonds. The molecule has 1 aliphatic heterocycles. The van der Waals surface area contributed by atoms with Crippen molar-refractivity contribution in [3.8, 4) is 0 Å². The third-order valence-corrected chi connectivity index (χ3v) is 4.79. The summed E-state index contributed by atoms with van der Waals surface area (Å²) in [6.07, 6.45) is 0.937. The summed E-state index contributed by atoms with van der Waals surface area (Å²) < 4.78 is 13.1. The highest BCUT2D eigenvalue weighted by atomic mass is 35.5. The van der Waals surface area contributed by atoms with Gasteiger partial charge in [0.25, 0.3) is 0 Å². The van der Waals surface area contributed by atoms with Gasteiger partial charge in [0.05, 0.1) is 5.02 Å². The number of likely N-dealkylation sites (tertiary alicyclic amines) is 1. The zero-order valence-electron chi connectivity index (χ0n) is 13.7. The summed E-state index contributed by atoms with van der Waals surface area (Å²) in [6, 6.07) is 13.7. The molecule has 1 atom stereocenters. The molecule has 1 fully saturated rings. The van der Waals surface area contributed by atoms with Crippen molar-refractivity contribution in [2.45, 2.75) is 18.4 Å². The third kappa shape index (κ3) is 4.37. The van der Waals surface area contributed by atoms with Crippen LogP contribution in [0, 0.1) is 5.82 Å². The van der Waals surface area contributed by atoms with Crippen molar-refractivity contribution in [1.82, 2.24) is 4.90 Å². The van der Waals surface area contributed by atoms with E-state index in [9.17, 15) is 14.3 Å². The van der Waals surface area contributed by atoms with Gasteiger partial charge in [-0.1, -0.05) is 41.9 Å². The standard InChI is InChI=1S/C19H20ClFN2O2/c20-16-12-15(6-7-17(16)21)22-18(24)8-10-23-11-9-19(25,13-23)14-4-2-1-3-5-14/h1-7,12,25H,8-11,13H2,(H,22,24)/t19-/m1/s1. The maximum atomic E-state index is 13.1. The molecule has 2 aromatic rings. The number of carbonyl (C=O) groups is 1. The highest BCUT2D eigenvalue weighted by Crippen LogP contribution is 2.31. The van der Waals surface area contributed by atoms with Crippen LogP contribution in [0.2, 0.25) is 5.02 Å². The number of hydrogen-bond acceptors (Lipinski definition) is 3. The second-order valence-electron chi connectivity index (χ2n) is 6.35. The predicted octanol–water partition coefficient (Wildman–Crippen LogP) is 3.40. The van der Waals surface area contributed by atoms with Crippen LogP contribution in [0.5, 0.6) is 0 Å². The van der Waals surface area contributed by atoms with Gasteiger partial charge in [-0.25, -0.2) is 4.39 Å². The molecule has 0 bridgehead atoms. The lowest BCUT2D eigenvalue weighted by Gasteiger charge is -2.24. The lowest BCUT2D eigenvalue weighted by Crippen LogP contribution is -2.32. The van der Waals surface area contributed by atoms with Crippen molar-refractivity contribution >= 4 is 23.2 Å². The maximum Gasteiger partial charge on any atom is 0.225 e. The summed E-state index contributed by atoms with van der Waals surface area (Å²) in [4.78, 5) is 14.1. The van der Waals surface area contributed by atoms with E-state index in [1.807, 2.05) is 30.3 Å². The minimum atomic E-state index is -0.859. The van der Waals surface area contributed by atoms with Crippen molar-refractivity contribution < 1.29 is 14.3 Å². The van der Waals surface area contributed by atoms with Crippen molar-refractivity contribution in [2.24, 2.45) is 0 Å². The van der Waals surface area contributed by atoms with Crippen LogP contribution in [0.1, 0.15) is 18.4 Å². The van der Waals surface area contributed by atoms with Gasteiger partial charge in [0.2, 0.25) is 5.91 Å². The highest BCUT2D eigenvalue weighted by Gasteiger charge is 2.37. The molecule has 0 radical (unpaired) electrons. The number of hydrogen-bond donors (Lipinski definition) is 2. The van der Waals surface area contributed by atoms with E-state index in [0.717, 1.165) is 12.1 Å². The maximum absolute atomic E-state index is 13.1. The van der Waals surface area contributed by atoms with E-state index in [1.165, 1.54) is 18.2 Å². The molecule has 2 N–H and O–H groups in total. The van der Waals surface area contributed by atoms with Crippen molar-refractivity contribution in [1.29, 1.82) is 0 Å². The first-order valence-corrected chi connectivity index (χ1v) is 8.59. The van der Waals surface area contributed by atoms with Crippen LogP contribution in [0.4, 0.5) is 10.1 Å². The number of rotatable bonds is 5. The molecule has 132 valence electrons. The average Bonchev–Trinajstić information content (AvgIpc) is 3.00. The molecule has 0 aliphatic carbocycles. The van der Waals surface area contributed by atoms with Crippen LogP contribution >= 0.6 is 11.6 Å². The Balaban J connectivity index is 1.51. The number of amides is 1. The van der Waals surface area contributed by atoms with E-state index >= 15 is 0 Å². The summed E-state index contributed by atoms with van der Waals surface area (Å²) in [5, 5.41) is 13.5. The van der Waals surface area contributed by atoms with Gasteiger partial charge in [-0.2, -0.15) is 0 Å². The minimum Gasteiger partial charge on any atom is -0.384 e. The monoisotopic (exact) mass is 362 g/mol. The number of carbonyl (C=O) groups excluding carboxylic acids is 1. The topological polar surface area (TPSA) is 52.6 Å². The zero-order valence-corrected chi connectivity index (χ0v) is 14.5. The number of halogens is 2. The molecule has 3 rings (SSSR count). The van der Waals surface area contributed by atoms with Crippen LogP contribution < -0.4 is 5.32 Å². The number of nitrogens with one attached hydrogen (secondary N) is 1. The Kier molecular flexibility index (Phi) is 5.37. The van der Waals surface area contributed by atoms with Gasteiger partial charge < -0.3 is 10.4 Å². The minimum absolute atomic E-state index is 0.0229. The van der Waals surface area contributed by atoms with E-state index < -0.39 is 11.4 Å². The second-order valence-corrected chi connectivity index (χ2v) is 6.76. The molecule has 6 heteroatoms. The van der Waals surface area contributed by atoms with E-state index in [0.29, 0.717) is 31.6 Å². The molecule has 0 aromatic heterocycles. The molecule has 0 spiro atoms. The van der Waals surface area contributed by atoms with Gasteiger partial charge in [-0.3, -0.25) is 9.69 Å². The number of β-amino-alcohol motifs (C(OH)–C–C–N with tert-alkyl or cyclic N) is 1. The van der Waals surface area contributed by atoms with Crippen molar-refractivity contribution in [3.05, 3.63) is 64.9 Å². The van der Waals surface area contributed by atoms with Crippen LogP contribution in [0.3, 0.4) is 0 Å². The van der Waals surface area contributed by atoms with E-state index in [-0.39, 0.29) is 10.9 Å². The third-order valence-electron chi connectivity index (χ3n) is 4.50. The Hall–Kier alpha value is -1.95. The Morgan fingerprint density at radius 1 is 1.28 bits per heavy atom. The number of benzene rings is 2. The molecular weight excluding hydrogens is 343 g/mol. The fourth-order valence-corrected chi connectivity index (χ4v) is 3.28. The van der Waals surface area contributed by atoms with Crippen molar-refractivity contribution in [2.75, 3.05) is 25.0 Å². The van der Waals surface area contributed by atoms with E-state index in [1.54, 1.807) is 0 Å². The van der Waals surface area contributed by atoms with Crippen LogP contribution in [0.15, 0.2) is 48.5 Å². The zero-order chi connectivity index (χ0) is 17.9. The lowest BCUT2D eigenvalue weighted by molar-refractivity contribution is -0.116. The number of anilines is 1. The Morgan fingerprint density at radius 2 is 2.04 bits per heavy atom. The quantitative estimate of drug-likeness (QED) is 0.857. The smallest absolute Gasteiger partial charge is 0.225 e. The first-order chi connectivity index (χ1) is 12.0. The first kappa shape index (κ1) is 17.9. The van der Waals surface area contributed by atoms with Crippen LogP contribution in [-0.4, -0.2) is 35.5 Å². The normalized spacial score (nSPS) is 20.6. The summed E-state index contributed by atoms with van der Waals surface area (Å²) in [6.45, 7) is 1.80. The summed E-state index contributed by atoms with van der Waals surface area (Å²) >= 11 is 5.71.